The number of carbonyl (C=O) groups is 1. The molecule has 0 unspecified atom stereocenters. The van der Waals surface area contributed by atoms with Crippen LogP contribution in [0.25, 0.3) is 11.6 Å². The molecular formula is C28H28N4O2. The van der Waals surface area contributed by atoms with E-state index in [4.69, 9.17) is 0 Å². The van der Waals surface area contributed by atoms with E-state index in [1.165, 1.54) is 0 Å². The maximum atomic E-state index is 12.5. The quantitative estimate of drug-likeness (QED) is 0.205. The molecule has 1 amide bonds. The number of amides is 1. The summed E-state index contributed by atoms with van der Waals surface area (Å²) in [5.74, 6) is -0.154. The van der Waals surface area contributed by atoms with E-state index in [1.54, 1.807) is 12.1 Å². The van der Waals surface area contributed by atoms with Crippen LogP contribution in [0.2, 0.25) is 0 Å². The third kappa shape index (κ3) is 5.54. The fourth-order valence-corrected chi connectivity index (χ4v) is 3.73. The molecule has 6 nitrogen and oxygen atoms in total. The number of aliphatic hydroxyl groups is 1. The average Bonchev–Trinajstić information content (AvgIpc) is 3.35. The van der Waals surface area contributed by atoms with Gasteiger partial charge in [-0.1, -0.05) is 30.3 Å². The average molecular weight is 453 g/mol. The van der Waals surface area contributed by atoms with Crippen LogP contribution in [0.1, 0.15) is 34.1 Å². The van der Waals surface area contributed by atoms with Crippen molar-refractivity contribution in [2.24, 2.45) is 0 Å². The summed E-state index contributed by atoms with van der Waals surface area (Å²) in [7, 11) is 0. The second kappa shape index (κ2) is 10.6. The molecule has 5 N–H and O–H groups in total. The Bertz CT molecular complexity index is 1300. The van der Waals surface area contributed by atoms with Crippen LogP contribution in [0.5, 0.6) is 0 Å². The van der Waals surface area contributed by atoms with Gasteiger partial charge in [-0.15, -0.1) is 0 Å². The van der Waals surface area contributed by atoms with Gasteiger partial charge in [-0.25, -0.2) is 0 Å². The summed E-state index contributed by atoms with van der Waals surface area (Å²) in [6.45, 7) is 3.87. The Morgan fingerprint density at radius 3 is 2.44 bits per heavy atom. The molecule has 4 aromatic rings. The van der Waals surface area contributed by atoms with Gasteiger partial charge in [0.25, 0.3) is 5.91 Å². The molecule has 1 aromatic heterocycles. The van der Waals surface area contributed by atoms with Crippen molar-refractivity contribution in [3.8, 4) is 0 Å². The minimum absolute atomic E-state index is 0.154. The van der Waals surface area contributed by atoms with Crippen LogP contribution in [0, 0.1) is 6.92 Å². The maximum absolute atomic E-state index is 12.5. The molecule has 0 atom stereocenters. The van der Waals surface area contributed by atoms with Crippen LogP contribution >= 0.6 is 0 Å². The van der Waals surface area contributed by atoms with Gasteiger partial charge in [0.05, 0.1) is 0 Å². The lowest BCUT2D eigenvalue weighted by Gasteiger charge is -2.16. The second-order valence-corrected chi connectivity index (χ2v) is 8.02. The van der Waals surface area contributed by atoms with Gasteiger partial charge in [-0.05, 0) is 79.6 Å². The number of hydrogen-bond acceptors (Lipinski definition) is 4. The molecule has 34 heavy (non-hydrogen) atoms. The highest BCUT2D eigenvalue weighted by Gasteiger charge is 2.10. The summed E-state index contributed by atoms with van der Waals surface area (Å²) in [5.41, 5.74) is 7.99. The first-order chi connectivity index (χ1) is 16.5. The summed E-state index contributed by atoms with van der Waals surface area (Å²) in [6.07, 6.45) is 3.95. The highest BCUT2D eigenvalue weighted by molar-refractivity contribution is 6.04. The Kier molecular flexibility index (Phi) is 7.10. The van der Waals surface area contributed by atoms with E-state index in [0.29, 0.717) is 11.3 Å². The number of aryl methyl sites for hydroxylation is 1. The number of benzene rings is 3. The molecule has 0 fully saturated rings. The van der Waals surface area contributed by atoms with Gasteiger partial charge in [-0.2, -0.15) is 0 Å². The van der Waals surface area contributed by atoms with Crippen LogP contribution in [0.15, 0.2) is 85.1 Å². The number of aromatic amines is 1. The highest BCUT2D eigenvalue weighted by atomic mass is 16.3. The number of H-pyrrole nitrogens is 1. The van der Waals surface area contributed by atoms with Gasteiger partial charge in [-0.3, -0.25) is 4.79 Å². The summed E-state index contributed by atoms with van der Waals surface area (Å²) >= 11 is 0. The molecule has 6 heteroatoms. The third-order valence-corrected chi connectivity index (χ3v) is 5.52. The molecule has 0 saturated heterocycles. The fourth-order valence-electron chi connectivity index (χ4n) is 3.73. The Balaban J connectivity index is 1.56. The molecule has 0 saturated carbocycles. The van der Waals surface area contributed by atoms with E-state index in [9.17, 15) is 9.90 Å². The van der Waals surface area contributed by atoms with Crippen molar-refractivity contribution >= 4 is 40.3 Å². The normalized spacial score (nSPS) is 11.2. The van der Waals surface area contributed by atoms with E-state index in [1.807, 2.05) is 86.8 Å². The van der Waals surface area contributed by atoms with Crippen LogP contribution in [0.4, 0.5) is 22.7 Å². The first-order valence-corrected chi connectivity index (χ1v) is 11.1. The first kappa shape index (κ1) is 22.9. The van der Waals surface area contributed by atoms with Crippen molar-refractivity contribution in [2.75, 3.05) is 22.7 Å². The number of nitrogens with one attached hydrogen (secondary N) is 4. The minimum atomic E-state index is -0.174. The van der Waals surface area contributed by atoms with Gasteiger partial charge in [0.1, 0.15) is 6.73 Å². The lowest BCUT2D eigenvalue weighted by molar-refractivity contribution is 0.102. The summed E-state index contributed by atoms with van der Waals surface area (Å²) in [4.78, 5) is 15.7. The number of aliphatic hydroxyl groups excluding tert-OH is 1. The third-order valence-electron chi connectivity index (χ3n) is 5.52. The van der Waals surface area contributed by atoms with E-state index in [0.717, 1.165) is 39.5 Å². The lowest BCUT2D eigenvalue weighted by atomic mass is 10.0. The predicted octanol–water partition coefficient (Wildman–Crippen LogP) is 6.24. The smallest absolute Gasteiger partial charge is 0.255 e. The molecule has 0 aliphatic carbocycles. The molecule has 172 valence electrons. The highest BCUT2D eigenvalue weighted by Crippen LogP contribution is 2.31. The Hall–Kier alpha value is -4.29. The Labute approximate surface area is 199 Å². The molecule has 0 aliphatic heterocycles. The van der Waals surface area contributed by atoms with E-state index in [2.05, 4.69) is 27.0 Å². The summed E-state index contributed by atoms with van der Waals surface area (Å²) in [6, 6.07) is 24.8. The number of anilines is 4. The molecule has 1 heterocycles. The van der Waals surface area contributed by atoms with Crippen LogP contribution in [-0.4, -0.2) is 22.7 Å². The number of rotatable bonds is 8. The fraction of sp³-hybridized carbons (Fsp3) is 0.107. The van der Waals surface area contributed by atoms with E-state index < -0.39 is 0 Å². The van der Waals surface area contributed by atoms with Gasteiger partial charge in [0, 0.05) is 45.8 Å². The van der Waals surface area contributed by atoms with Gasteiger partial charge < -0.3 is 26.0 Å². The van der Waals surface area contributed by atoms with Crippen LogP contribution < -0.4 is 16.0 Å². The number of allylic oxidation sites excluding steroid dienone is 1. The first-order valence-electron chi connectivity index (χ1n) is 11.1. The van der Waals surface area contributed by atoms with Crippen LogP contribution in [0.3, 0.4) is 0 Å². The van der Waals surface area contributed by atoms with Gasteiger partial charge >= 0.3 is 0 Å². The number of aromatic nitrogens is 1. The van der Waals surface area contributed by atoms with E-state index in [-0.39, 0.29) is 12.6 Å². The number of hydrogen-bond donors (Lipinski definition) is 5. The standard InChI is InChI=1S/C28H28N4O2/c1-19-10-11-24(32-28(34)21-7-4-3-5-8-21)16-26(19)31-23-12-13-25(27(17-23)30-18-33)20(2)15-22-9-6-14-29-22/h3-17,29-31,33H,18H2,1-2H3,(H,32,34)/b20-15+. The molecular weight excluding hydrogens is 424 g/mol. The van der Waals surface area contributed by atoms with Gasteiger partial charge in [0.2, 0.25) is 0 Å². The molecule has 4 rings (SSSR count). The van der Waals surface area contributed by atoms with Crippen molar-refractivity contribution in [2.45, 2.75) is 13.8 Å². The molecule has 3 aromatic carbocycles. The lowest BCUT2D eigenvalue weighted by Crippen LogP contribution is -2.11. The monoisotopic (exact) mass is 452 g/mol. The number of carbonyl (C=O) groups excluding carboxylic acids is 1. The summed E-state index contributed by atoms with van der Waals surface area (Å²) < 4.78 is 0. The minimum Gasteiger partial charge on any atom is -0.377 e. The molecule has 0 spiro atoms. The zero-order chi connectivity index (χ0) is 23.9. The van der Waals surface area contributed by atoms with Crippen molar-refractivity contribution in [1.29, 1.82) is 0 Å². The van der Waals surface area contributed by atoms with Crippen molar-refractivity contribution < 1.29 is 9.90 Å². The summed E-state index contributed by atoms with van der Waals surface area (Å²) in [5, 5.41) is 19.0. The maximum Gasteiger partial charge on any atom is 0.255 e. The van der Waals surface area contributed by atoms with Gasteiger partial charge in [0.15, 0.2) is 0 Å². The topological polar surface area (TPSA) is 89.2 Å². The zero-order valence-electron chi connectivity index (χ0n) is 19.2. The zero-order valence-corrected chi connectivity index (χ0v) is 19.2. The Morgan fingerprint density at radius 2 is 1.71 bits per heavy atom. The SMILES string of the molecule is C/C(=C\c1ccc[nH]1)c1ccc(Nc2cc(NC(=O)c3ccccc3)ccc2C)cc1NCO. The largest absolute Gasteiger partial charge is 0.377 e. The van der Waals surface area contributed by atoms with Crippen LogP contribution in [-0.2, 0) is 0 Å². The molecule has 0 radical (unpaired) electrons. The molecule has 0 aliphatic rings. The second-order valence-electron chi connectivity index (χ2n) is 8.02. The van der Waals surface area contributed by atoms with Crippen molar-refractivity contribution in [1.82, 2.24) is 4.98 Å². The molecule has 0 bridgehead atoms. The van der Waals surface area contributed by atoms with E-state index >= 15 is 0 Å². The van der Waals surface area contributed by atoms with Crippen molar-refractivity contribution in [3.05, 3.63) is 107 Å². The van der Waals surface area contributed by atoms with Crippen molar-refractivity contribution in [3.63, 3.8) is 0 Å². The Morgan fingerprint density at radius 1 is 0.941 bits per heavy atom. The predicted molar refractivity (Wildman–Crippen MR) is 140 cm³/mol.